The van der Waals surface area contributed by atoms with Gasteiger partial charge in [0.15, 0.2) is 0 Å². The van der Waals surface area contributed by atoms with Crippen molar-refractivity contribution < 1.29 is 29.1 Å². The maximum atomic E-state index is 12.9. The Morgan fingerprint density at radius 3 is 2.12 bits per heavy atom. The van der Waals surface area contributed by atoms with Crippen molar-refractivity contribution in [1.82, 2.24) is 25.9 Å². The number of hydrogen-bond donors (Lipinski definition) is 8. The molecular weight excluding hydrogens is 436 g/mol. The molecule has 0 fully saturated rings. The van der Waals surface area contributed by atoms with E-state index in [4.69, 9.17) is 17.2 Å². The van der Waals surface area contributed by atoms with Crippen LogP contribution in [0.1, 0.15) is 37.8 Å². The maximum Gasteiger partial charge on any atom is 0.326 e. The van der Waals surface area contributed by atoms with Gasteiger partial charge in [-0.2, -0.15) is 0 Å². The van der Waals surface area contributed by atoms with E-state index in [-0.39, 0.29) is 32.2 Å². The van der Waals surface area contributed by atoms with Gasteiger partial charge in [0, 0.05) is 24.7 Å². The topological polar surface area (TPSA) is 248 Å². The number of nitrogens with two attached hydrogens (primary N) is 3. The van der Waals surface area contributed by atoms with Crippen LogP contribution in [0.5, 0.6) is 0 Å². The molecule has 4 amide bonds. The van der Waals surface area contributed by atoms with Crippen molar-refractivity contribution in [1.29, 1.82) is 0 Å². The van der Waals surface area contributed by atoms with Crippen LogP contribution in [0.2, 0.25) is 0 Å². The summed E-state index contributed by atoms with van der Waals surface area (Å²) in [5.41, 5.74) is 16.4. The molecule has 0 saturated heterocycles. The fourth-order valence-electron chi connectivity index (χ4n) is 2.93. The van der Waals surface area contributed by atoms with E-state index in [0.717, 1.165) is 0 Å². The van der Waals surface area contributed by atoms with Gasteiger partial charge in [0.25, 0.3) is 0 Å². The summed E-state index contributed by atoms with van der Waals surface area (Å²) in [7, 11) is 0. The van der Waals surface area contributed by atoms with Crippen molar-refractivity contribution in [3.63, 3.8) is 0 Å². The molecular formula is C19H32N8O6. The zero-order valence-electron chi connectivity index (χ0n) is 18.2. The number of aliphatic carboxylic acids is 1. The maximum absolute atomic E-state index is 12.9. The summed E-state index contributed by atoms with van der Waals surface area (Å²) in [5, 5.41) is 16.8. The SMILES string of the molecule is NCCCCC(NC(=O)C(CCC(N)=O)NC(=O)CN)C(=O)NC(Cc1cnc[nH]1)C(=O)O. The number of amides is 4. The molecule has 0 radical (unpaired) electrons. The molecule has 3 unspecified atom stereocenters. The monoisotopic (exact) mass is 468 g/mol. The van der Waals surface area contributed by atoms with Crippen LogP contribution in [-0.4, -0.2) is 75.9 Å². The Morgan fingerprint density at radius 1 is 0.970 bits per heavy atom. The highest BCUT2D eigenvalue weighted by molar-refractivity contribution is 5.93. The van der Waals surface area contributed by atoms with Crippen molar-refractivity contribution in [2.75, 3.05) is 13.1 Å². The summed E-state index contributed by atoms with van der Waals surface area (Å²) < 4.78 is 0. The summed E-state index contributed by atoms with van der Waals surface area (Å²) >= 11 is 0. The number of primary amides is 1. The first kappa shape index (κ1) is 27.5. The molecule has 3 atom stereocenters. The Morgan fingerprint density at radius 2 is 1.61 bits per heavy atom. The molecule has 0 bridgehead atoms. The molecule has 184 valence electrons. The minimum atomic E-state index is -1.27. The third-order valence-corrected chi connectivity index (χ3v) is 4.69. The number of aromatic nitrogens is 2. The summed E-state index contributed by atoms with van der Waals surface area (Å²) in [6.07, 6.45) is 3.73. The van der Waals surface area contributed by atoms with Gasteiger partial charge in [0.1, 0.15) is 18.1 Å². The predicted octanol–water partition coefficient (Wildman–Crippen LogP) is -3.16. The lowest BCUT2D eigenvalue weighted by Gasteiger charge is -2.24. The molecule has 0 aliphatic heterocycles. The van der Waals surface area contributed by atoms with Gasteiger partial charge in [-0.1, -0.05) is 0 Å². The van der Waals surface area contributed by atoms with Crippen LogP contribution in [0, 0.1) is 0 Å². The number of carboxylic acid groups (broad SMARTS) is 1. The van der Waals surface area contributed by atoms with E-state index >= 15 is 0 Å². The third-order valence-electron chi connectivity index (χ3n) is 4.69. The number of imidazole rings is 1. The van der Waals surface area contributed by atoms with Crippen LogP contribution in [0.15, 0.2) is 12.5 Å². The van der Waals surface area contributed by atoms with Gasteiger partial charge >= 0.3 is 5.97 Å². The second-order valence-electron chi connectivity index (χ2n) is 7.36. The van der Waals surface area contributed by atoms with Crippen LogP contribution >= 0.6 is 0 Å². The smallest absolute Gasteiger partial charge is 0.326 e. The van der Waals surface area contributed by atoms with Crippen molar-refractivity contribution in [2.45, 2.75) is 56.7 Å². The van der Waals surface area contributed by atoms with E-state index < -0.39 is 47.7 Å². The second-order valence-corrected chi connectivity index (χ2v) is 7.36. The number of carbonyl (C=O) groups is 5. The highest BCUT2D eigenvalue weighted by Gasteiger charge is 2.29. The molecule has 0 spiro atoms. The number of nitrogens with one attached hydrogen (secondary N) is 4. The largest absolute Gasteiger partial charge is 0.480 e. The van der Waals surface area contributed by atoms with Crippen LogP contribution in [-0.2, 0) is 30.4 Å². The van der Waals surface area contributed by atoms with E-state index in [0.29, 0.717) is 25.1 Å². The highest BCUT2D eigenvalue weighted by Crippen LogP contribution is 2.06. The fourth-order valence-corrected chi connectivity index (χ4v) is 2.93. The molecule has 0 aromatic carbocycles. The zero-order chi connectivity index (χ0) is 24.8. The van der Waals surface area contributed by atoms with Gasteiger partial charge in [0.2, 0.25) is 23.6 Å². The van der Waals surface area contributed by atoms with Gasteiger partial charge in [-0.25, -0.2) is 9.78 Å². The van der Waals surface area contributed by atoms with E-state index in [1.807, 2.05) is 0 Å². The molecule has 11 N–H and O–H groups in total. The summed E-state index contributed by atoms with van der Waals surface area (Å²) in [6.45, 7) is -0.0116. The van der Waals surface area contributed by atoms with E-state index in [2.05, 4.69) is 25.9 Å². The lowest BCUT2D eigenvalue weighted by molar-refractivity contribution is -0.142. The highest BCUT2D eigenvalue weighted by atomic mass is 16.4. The number of carbonyl (C=O) groups excluding carboxylic acids is 4. The van der Waals surface area contributed by atoms with Gasteiger partial charge in [-0.15, -0.1) is 0 Å². The molecule has 33 heavy (non-hydrogen) atoms. The van der Waals surface area contributed by atoms with Crippen molar-refractivity contribution in [3.05, 3.63) is 18.2 Å². The fraction of sp³-hybridized carbons (Fsp3) is 0.579. The minimum absolute atomic E-state index is 0.0433. The Labute approximate surface area is 190 Å². The van der Waals surface area contributed by atoms with Crippen LogP contribution in [0.4, 0.5) is 0 Å². The van der Waals surface area contributed by atoms with Crippen molar-refractivity contribution >= 4 is 29.6 Å². The normalized spacial score (nSPS) is 13.4. The minimum Gasteiger partial charge on any atom is -0.480 e. The molecule has 14 heteroatoms. The van der Waals surface area contributed by atoms with E-state index in [1.54, 1.807) is 0 Å². The van der Waals surface area contributed by atoms with Gasteiger partial charge in [-0.05, 0) is 32.2 Å². The quantitative estimate of drug-likeness (QED) is 0.114. The average Bonchev–Trinajstić information content (AvgIpc) is 3.28. The molecule has 1 aromatic rings. The number of carboxylic acids is 1. The molecule has 1 heterocycles. The lowest BCUT2D eigenvalue weighted by atomic mass is 10.0. The number of nitrogens with zero attached hydrogens (tertiary/aromatic N) is 1. The average molecular weight is 469 g/mol. The molecule has 0 aliphatic carbocycles. The summed E-state index contributed by atoms with van der Waals surface area (Å²) in [5.74, 6) is -4.01. The zero-order valence-corrected chi connectivity index (χ0v) is 18.2. The van der Waals surface area contributed by atoms with Gasteiger partial charge < -0.3 is 43.2 Å². The standard InChI is InChI=1S/C19H32N8O6/c20-6-2-1-3-12(17(30)27-14(19(32)33)7-11-9-23-10-24-11)26-18(31)13(4-5-15(22)28)25-16(29)8-21/h9-10,12-14H,1-8,20-21H2,(H2,22,28)(H,23,24)(H,25,29)(H,26,31)(H,27,30)(H,32,33). The Hall–Kier alpha value is -3.52. The van der Waals surface area contributed by atoms with Crippen LogP contribution < -0.4 is 33.2 Å². The second kappa shape index (κ2) is 14.5. The Balaban J connectivity index is 2.93. The Kier molecular flexibility index (Phi) is 12.1. The third kappa shape index (κ3) is 10.6. The molecule has 14 nitrogen and oxygen atoms in total. The first-order valence-electron chi connectivity index (χ1n) is 10.5. The van der Waals surface area contributed by atoms with E-state index in [1.165, 1.54) is 12.5 Å². The molecule has 0 saturated carbocycles. The van der Waals surface area contributed by atoms with Crippen molar-refractivity contribution in [3.8, 4) is 0 Å². The molecule has 1 aromatic heterocycles. The van der Waals surface area contributed by atoms with Crippen molar-refractivity contribution in [2.24, 2.45) is 17.2 Å². The van der Waals surface area contributed by atoms with Gasteiger partial charge in [-0.3, -0.25) is 19.2 Å². The van der Waals surface area contributed by atoms with Crippen LogP contribution in [0.25, 0.3) is 0 Å². The Bertz CT molecular complexity index is 800. The van der Waals surface area contributed by atoms with Gasteiger partial charge in [0.05, 0.1) is 12.9 Å². The number of unbranched alkanes of at least 4 members (excludes halogenated alkanes) is 1. The predicted molar refractivity (Wildman–Crippen MR) is 116 cm³/mol. The number of aromatic amines is 1. The molecule has 0 aliphatic rings. The van der Waals surface area contributed by atoms with Crippen LogP contribution in [0.3, 0.4) is 0 Å². The summed E-state index contributed by atoms with van der Waals surface area (Å²) in [4.78, 5) is 66.6. The first-order chi connectivity index (χ1) is 15.7. The first-order valence-corrected chi connectivity index (χ1v) is 10.5. The molecule has 1 rings (SSSR count). The summed E-state index contributed by atoms with van der Waals surface area (Å²) in [6, 6.07) is -3.52. The number of hydrogen-bond acceptors (Lipinski definition) is 8. The number of rotatable bonds is 16. The lowest BCUT2D eigenvalue weighted by Crippen LogP contribution is -2.56. The van der Waals surface area contributed by atoms with E-state index in [9.17, 15) is 29.1 Å². The number of H-pyrrole nitrogens is 1.